The average Bonchev–Trinajstić information content (AvgIpc) is 2.99. The number of aliphatic hydroxyl groups is 1. The summed E-state index contributed by atoms with van der Waals surface area (Å²) in [4.78, 5) is 47.6. The summed E-state index contributed by atoms with van der Waals surface area (Å²) in [6.45, 7) is 7.24. The minimum absolute atomic E-state index is 0.00133. The van der Waals surface area contributed by atoms with Crippen LogP contribution in [0.2, 0.25) is 0 Å². The minimum Gasteiger partial charge on any atom is -0.480 e. The first-order valence-electron chi connectivity index (χ1n) is 12.1. The number of fused-ring (bicyclic) bond motifs is 2. The first kappa shape index (κ1) is 25.3. The van der Waals surface area contributed by atoms with E-state index in [4.69, 9.17) is 29.1 Å². The van der Waals surface area contributed by atoms with Crippen molar-refractivity contribution in [2.24, 2.45) is 23.7 Å². The zero-order valence-corrected chi connectivity index (χ0v) is 20.0. The number of aliphatic hydroxyl groups excluding tert-OH is 1. The van der Waals surface area contributed by atoms with Gasteiger partial charge >= 0.3 is 11.9 Å². The first-order chi connectivity index (χ1) is 16.0. The second-order valence-corrected chi connectivity index (χ2v) is 10.4. The Balaban J connectivity index is 1.40. The number of rotatable bonds is 7. The SMILES string of the molecule is CC(O)C(NC(=O)CCC(=O)O[C@@H]1O[C@@H]2OC3(C)CC[C@H]4[C@H](C)CC[C@@H]([C@H]1C)C24OO3)C(=O)O. The molecule has 4 aliphatic heterocycles. The number of nitrogens with one attached hydrogen (secondary N) is 1. The van der Waals surface area contributed by atoms with Crippen LogP contribution in [-0.4, -0.2) is 64.2 Å². The van der Waals surface area contributed by atoms with Gasteiger partial charge in [0.05, 0.1) is 12.5 Å². The predicted molar refractivity (Wildman–Crippen MR) is 113 cm³/mol. The van der Waals surface area contributed by atoms with Crippen molar-refractivity contribution in [3.05, 3.63) is 0 Å². The van der Waals surface area contributed by atoms with Gasteiger partial charge < -0.3 is 29.7 Å². The second-order valence-electron chi connectivity index (χ2n) is 10.4. The maximum Gasteiger partial charge on any atom is 0.328 e. The smallest absolute Gasteiger partial charge is 0.328 e. The van der Waals surface area contributed by atoms with Crippen LogP contribution in [0.5, 0.6) is 0 Å². The van der Waals surface area contributed by atoms with Crippen molar-refractivity contribution >= 4 is 17.8 Å². The summed E-state index contributed by atoms with van der Waals surface area (Å²) in [5.74, 6) is -3.19. The fourth-order valence-corrected chi connectivity index (χ4v) is 6.05. The molecule has 5 fully saturated rings. The lowest BCUT2D eigenvalue weighted by molar-refractivity contribution is -0.576. The van der Waals surface area contributed by atoms with E-state index in [2.05, 4.69) is 12.2 Å². The van der Waals surface area contributed by atoms with Gasteiger partial charge in [-0.15, -0.1) is 0 Å². The third-order valence-electron chi connectivity index (χ3n) is 7.97. The maximum absolute atomic E-state index is 12.5. The molecule has 1 saturated carbocycles. The third-order valence-corrected chi connectivity index (χ3v) is 7.97. The molecule has 4 heterocycles. The van der Waals surface area contributed by atoms with Crippen LogP contribution in [0.3, 0.4) is 0 Å². The van der Waals surface area contributed by atoms with E-state index in [0.29, 0.717) is 12.3 Å². The number of amides is 1. The van der Waals surface area contributed by atoms with Gasteiger partial charge in [0.1, 0.15) is 0 Å². The van der Waals surface area contributed by atoms with Gasteiger partial charge in [-0.2, -0.15) is 0 Å². The van der Waals surface area contributed by atoms with E-state index in [1.54, 1.807) is 0 Å². The summed E-state index contributed by atoms with van der Waals surface area (Å²) in [7, 11) is 0. The van der Waals surface area contributed by atoms with Gasteiger partial charge in [-0.1, -0.05) is 13.8 Å². The Morgan fingerprint density at radius 2 is 1.85 bits per heavy atom. The Kier molecular flexibility index (Phi) is 6.96. The van der Waals surface area contributed by atoms with E-state index in [1.807, 2.05) is 13.8 Å². The average molecular weight is 486 g/mol. The molecule has 4 saturated heterocycles. The van der Waals surface area contributed by atoms with Crippen molar-refractivity contribution < 1.29 is 48.6 Å². The summed E-state index contributed by atoms with van der Waals surface area (Å²) >= 11 is 0. The van der Waals surface area contributed by atoms with Gasteiger partial charge in [-0.05, 0) is 44.9 Å². The number of hydrogen-bond donors (Lipinski definition) is 3. The van der Waals surface area contributed by atoms with Gasteiger partial charge in [0, 0.05) is 24.7 Å². The topological polar surface area (TPSA) is 150 Å². The van der Waals surface area contributed by atoms with E-state index in [-0.39, 0.29) is 30.6 Å². The van der Waals surface area contributed by atoms with Crippen molar-refractivity contribution in [1.29, 1.82) is 0 Å². The van der Waals surface area contributed by atoms with Crippen LogP contribution < -0.4 is 5.32 Å². The Labute approximate surface area is 198 Å². The van der Waals surface area contributed by atoms with E-state index in [0.717, 1.165) is 19.3 Å². The first-order valence-corrected chi connectivity index (χ1v) is 12.1. The number of aliphatic carboxylic acids is 1. The molecule has 0 aromatic carbocycles. The van der Waals surface area contributed by atoms with E-state index in [1.165, 1.54) is 6.92 Å². The van der Waals surface area contributed by atoms with Gasteiger partial charge in [0.25, 0.3) is 0 Å². The molecule has 34 heavy (non-hydrogen) atoms. The molecule has 5 aliphatic rings. The number of carbonyl (C=O) groups excluding carboxylic acids is 2. The molecule has 1 spiro atoms. The number of carboxylic acid groups (broad SMARTS) is 1. The van der Waals surface area contributed by atoms with E-state index in [9.17, 15) is 19.5 Å². The molecule has 3 N–H and O–H groups in total. The molecule has 11 nitrogen and oxygen atoms in total. The molecule has 0 aromatic heterocycles. The number of carboxylic acids is 1. The molecule has 5 rings (SSSR count). The minimum atomic E-state index is -1.45. The van der Waals surface area contributed by atoms with Crippen molar-refractivity contribution in [3.8, 4) is 0 Å². The molecule has 11 heteroatoms. The van der Waals surface area contributed by atoms with Gasteiger partial charge in [0.2, 0.25) is 18.0 Å². The Hall–Kier alpha value is -1.79. The van der Waals surface area contributed by atoms with Crippen molar-refractivity contribution in [2.75, 3.05) is 0 Å². The number of esters is 1. The molecule has 1 amide bonds. The molecule has 1 aliphatic carbocycles. The van der Waals surface area contributed by atoms with Gasteiger partial charge in [0.15, 0.2) is 17.9 Å². The zero-order chi connectivity index (χ0) is 24.8. The summed E-state index contributed by atoms with van der Waals surface area (Å²) in [5, 5.41) is 20.8. The van der Waals surface area contributed by atoms with Crippen LogP contribution in [-0.2, 0) is 38.4 Å². The molecule has 10 atom stereocenters. The van der Waals surface area contributed by atoms with Crippen LogP contribution in [0.1, 0.15) is 66.2 Å². The van der Waals surface area contributed by atoms with E-state index >= 15 is 0 Å². The third kappa shape index (κ3) is 4.44. The monoisotopic (exact) mass is 485 g/mol. The highest BCUT2D eigenvalue weighted by molar-refractivity contribution is 5.86. The lowest BCUT2D eigenvalue weighted by atomic mass is 9.58. The normalized spacial score (nSPS) is 42.6. The lowest BCUT2D eigenvalue weighted by Crippen LogP contribution is -2.70. The summed E-state index contributed by atoms with van der Waals surface area (Å²) in [6.07, 6.45) is 0.00572. The summed E-state index contributed by atoms with van der Waals surface area (Å²) in [5.41, 5.74) is -0.761. The Morgan fingerprint density at radius 3 is 2.53 bits per heavy atom. The second kappa shape index (κ2) is 9.34. The highest BCUT2D eigenvalue weighted by atomic mass is 17.3. The molecular weight excluding hydrogens is 450 g/mol. The number of ether oxygens (including phenoxy) is 3. The molecule has 4 unspecified atom stereocenters. The van der Waals surface area contributed by atoms with Gasteiger partial charge in [-0.25, -0.2) is 14.6 Å². The zero-order valence-electron chi connectivity index (χ0n) is 20.0. The highest BCUT2D eigenvalue weighted by Crippen LogP contribution is 2.60. The van der Waals surface area contributed by atoms with Crippen molar-refractivity contribution in [1.82, 2.24) is 5.32 Å². The highest BCUT2D eigenvalue weighted by Gasteiger charge is 2.69. The molecule has 0 aromatic rings. The van der Waals surface area contributed by atoms with Crippen LogP contribution in [0.4, 0.5) is 0 Å². The standard InChI is InChI=1S/C23H35NO10/c1-11-5-6-15-12(2)20(30-17(27)8-7-16(26)24-18(13(3)25)19(28)29)31-21-23(15)14(11)9-10-22(4,32-21)33-34-23/h11-15,18,20-21,25H,5-10H2,1-4H3,(H,24,26)(H,28,29)/t11-,12-,13?,14+,15+,18?,20-,21-,22?,23?/m1/s1. The summed E-state index contributed by atoms with van der Waals surface area (Å²) < 4.78 is 18.0. The number of hydrogen-bond acceptors (Lipinski definition) is 9. The van der Waals surface area contributed by atoms with Crippen LogP contribution >= 0.6 is 0 Å². The predicted octanol–water partition coefficient (Wildman–Crippen LogP) is 1.47. The molecule has 0 radical (unpaired) electrons. The molecule has 192 valence electrons. The van der Waals surface area contributed by atoms with Crippen LogP contribution in [0.15, 0.2) is 0 Å². The fourth-order valence-electron chi connectivity index (χ4n) is 6.05. The molecule has 2 bridgehead atoms. The van der Waals surface area contributed by atoms with Crippen molar-refractivity contribution in [2.45, 2.75) is 102 Å². The quantitative estimate of drug-likeness (QED) is 0.357. The van der Waals surface area contributed by atoms with E-state index < -0.39 is 54.0 Å². The van der Waals surface area contributed by atoms with Crippen LogP contribution in [0.25, 0.3) is 0 Å². The van der Waals surface area contributed by atoms with Crippen LogP contribution in [0, 0.1) is 23.7 Å². The molecular formula is C23H35NO10. The fraction of sp³-hybridized carbons (Fsp3) is 0.870. The van der Waals surface area contributed by atoms with Gasteiger partial charge in [-0.3, -0.25) is 9.59 Å². The largest absolute Gasteiger partial charge is 0.480 e. The maximum atomic E-state index is 12.5. The lowest BCUT2D eigenvalue weighted by Gasteiger charge is -2.59. The Bertz CT molecular complexity index is 820. The summed E-state index contributed by atoms with van der Waals surface area (Å²) in [6, 6.07) is -1.45. The Morgan fingerprint density at radius 1 is 1.12 bits per heavy atom. The van der Waals surface area contributed by atoms with Crippen molar-refractivity contribution in [3.63, 3.8) is 0 Å². The number of carbonyl (C=O) groups is 3.